The van der Waals surface area contributed by atoms with E-state index in [0.717, 1.165) is 42.4 Å². The van der Waals surface area contributed by atoms with Crippen LogP contribution in [0.15, 0.2) is 30.6 Å². The zero-order valence-corrected chi connectivity index (χ0v) is 12.5. The van der Waals surface area contributed by atoms with Crippen molar-refractivity contribution in [2.75, 3.05) is 18.0 Å². The summed E-state index contributed by atoms with van der Waals surface area (Å²) in [6.45, 7) is 6.13. The molecule has 0 amide bonds. The van der Waals surface area contributed by atoms with Crippen molar-refractivity contribution in [1.29, 1.82) is 0 Å². The number of hydrogen-bond donors (Lipinski definition) is 1. The fourth-order valence-electron chi connectivity index (χ4n) is 2.54. The first-order valence-electron chi connectivity index (χ1n) is 7.43. The van der Waals surface area contributed by atoms with Gasteiger partial charge in [-0.2, -0.15) is 0 Å². The molecule has 110 valence electrons. The van der Waals surface area contributed by atoms with Crippen molar-refractivity contribution < 1.29 is 0 Å². The summed E-state index contributed by atoms with van der Waals surface area (Å²) >= 11 is 0. The molecule has 1 aliphatic heterocycles. The third kappa shape index (κ3) is 3.03. The predicted molar refractivity (Wildman–Crippen MR) is 84.2 cm³/mol. The number of rotatable bonds is 3. The monoisotopic (exact) mass is 283 g/mol. The minimum atomic E-state index is 0.242. The molecule has 2 N–H and O–H groups in total. The average molecular weight is 283 g/mol. The van der Waals surface area contributed by atoms with Crippen molar-refractivity contribution in [1.82, 2.24) is 15.0 Å². The second-order valence-corrected chi connectivity index (χ2v) is 5.86. The maximum atomic E-state index is 6.02. The fraction of sp³-hybridized carbons (Fsp3) is 0.438. The Bertz CT molecular complexity index is 611. The van der Waals surface area contributed by atoms with Gasteiger partial charge >= 0.3 is 0 Å². The molecule has 5 heteroatoms. The third-order valence-corrected chi connectivity index (χ3v) is 3.81. The number of nitrogens with two attached hydrogens (primary N) is 1. The molecule has 0 aromatic carbocycles. The van der Waals surface area contributed by atoms with E-state index in [9.17, 15) is 0 Å². The van der Waals surface area contributed by atoms with Crippen LogP contribution in [0, 0.1) is 0 Å². The Morgan fingerprint density at radius 3 is 2.62 bits per heavy atom. The lowest BCUT2D eigenvalue weighted by Gasteiger charge is -2.19. The van der Waals surface area contributed by atoms with Gasteiger partial charge in [-0.1, -0.05) is 13.8 Å². The zero-order chi connectivity index (χ0) is 14.8. The van der Waals surface area contributed by atoms with E-state index >= 15 is 0 Å². The summed E-state index contributed by atoms with van der Waals surface area (Å²) in [6.07, 6.45) is 4.56. The van der Waals surface area contributed by atoms with Crippen molar-refractivity contribution >= 4 is 5.82 Å². The fourth-order valence-corrected chi connectivity index (χ4v) is 2.54. The Morgan fingerprint density at radius 2 is 2.00 bits per heavy atom. The van der Waals surface area contributed by atoms with E-state index < -0.39 is 0 Å². The summed E-state index contributed by atoms with van der Waals surface area (Å²) in [5.41, 5.74) is 8.08. The minimum Gasteiger partial charge on any atom is -0.355 e. The van der Waals surface area contributed by atoms with E-state index in [2.05, 4.69) is 29.8 Å². The van der Waals surface area contributed by atoms with Gasteiger partial charge in [0.25, 0.3) is 0 Å². The van der Waals surface area contributed by atoms with Crippen molar-refractivity contribution in [2.45, 2.75) is 32.2 Å². The number of anilines is 1. The van der Waals surface area contributed by atoms with Gasteiger partial charge in [0.05, 0.1) is 0 Å². The molecule has 1 atom stereocenters. The van der Waals surface area contributed by atoms with E-state index in [1.807, 2.05) is 12.1 Å². The molecule has 0 spiro atoms. The van der Waals surface area contributed by atoms with Gasteiger partial charge in [0.2, 0.25) is 0 Å². The highest BCUT2D eigenvalue weighted by Gasteiger charge is 2.22. The first-order chi connectivity index (χ1) is 10.1. The van der Waals surface area contributed by atoms with Crippen molar-refractivity contribution in [2.24, 2.45) is 5.73 Å². The van der Waals surface area contributed by atoms with Gasteiger partial charge in [0.15, 0.2) is 5.82 Å². The lowest BCUT2D eigenvalue weighted by molar-refractivity contribution is 0.750. The molecule has 2 aromatic rings. The van der Waals surface area contributed by atoms with Crippen molar-refractivity contribution in [3.63, 3.8) is 0 Å². The van der Waals surface area contributed by atoms with E-state index in [1.54, 1.807) is 12.4 Å². The lowest BCUT2D eigenvalue weighted by atomic mass is 10.1. The lowest BCUT2D eigenvalue weighted by Crippen LogP contribution is -2.27. The Kier molecular flexibility index (Phi) is 3.84. The molecular weight excluding hydrogens is 262 g/mol. The summed E-state index contributed by atoms with van der Waals surface area (Å²) in [7, 11) is 0. The minimum absolute atomic E-state index is 0.242. The molecule has 21 heavy (non-hydrogen) atoms. The van der Waals surface area contributed by atoms with E-state index in [1.165, 1.54) is 0 Å². The van der Waals surface area contributed by atoms with Crippen LogP contribution in [-0.4, -0.2) is 34.1 Å². The highest BCUT2D eigenvalue weighted by atomic mass is 15.2. The highest BCUT2D eigenvalue weighted by Crippen LogP contribution is 2.25. The van der Waals surface area contributed by atoms with Crippen molar-refractivity contribution in [3.8, 4) is 11.4 Å². The van der Waals surface area contributed by atoms with Crippen LogP contribution in [0.3, 0.4) is 0 Å². The molecule has 0 radical (unpaired) electrons. The van der Waals surface area contributed by atoms with Crippen LogP contribution in [0.25, 0.3) is 11.4 Å². The molecule has 5 nitrogen and oxygen atoms in total. The number of pyridine rings is 1. The van der Waals surface area contributed by atoms with Crippen LogP contribution >= 0.6 is 0 Å². The second kappa shape index (κ2) is 5.77. The summed E-state index contributed by atoms with van der Waals surface area (Å²) < 4.78 is 0. The summed E-state index contributed by atoms with van der Waals surface area (Å²) in [4.78, 5) is 15.7. The normalized spacial score (nSPS) is 18.5. The quantitative estimate of drug-likeness (QED) is 0.935. The molecule has 1 aliphatic rings. The number of aromatic nitrogens is 3. The zero-order valence-electron chi connectivity index (χ0n) is 12.5. The topological polar surface area (TPSA) is 67.9 Å². The van der Waals surface area contributed by atoms with Crippen LogP contribution in [0.2, 0.25) is 0 Å². The molecule has 3 rings (SSSR count). The first-order valence-corrected chi connectivity index (χ1v) is 7.43. The summed E-state index contributed by atoms with van der Waals surface area (Å²) in [5.74, 6) is 2.11. The highest BCUT2D eigenvalue weighted by molar-refractivity contribution is 5.57. The van der Waals surface area contributed by atoms with Gasteiger partial charge in [0.1, 0.15) is 5.82 Å². The van der Waals surface area contributed by atoms with Gasteiger partial charge in [-0.25, -0.2) is 9.97 Å². The maximum Gasteiger partial charge on any atom is 0.161 e. The third-order valence-electron chi connectivity index (χ3n) is 3.81. The summed E-state index contributed by atoms with van der Waals surface area (Å²) in [5, 5.41) is 0. The van der Waals surface area contributed by atoms with Gasteiger partial charge in [-0.3, -0.25) is 4.98 Å². The Labute approximate surface area is 125 Å². The van der Waals surface area contributed by atoms with Gasteiger partial charge in [0, 0.05) is 48.8 Å². The summed E-state index contributed by atoms with van der Waals surface area (Å²) in [6, 6.07) is 6.22. The van der Waals surface area contributed by atoms with Crippen molar-refractivity contribution in [3.05, 3.63) is 36.3 Å². The molecule has 0 saturated carbocycles. The van der Waals surface area contributed by atoms with E-state index in [4.69, 9.17) is 15.7 Å². The molecule has 1 unspecified atom stereocenters. The molecule has 0 aliphatic carbocycles. The van der Waals surface area contributed by atoms with Crippen LogP contribution < -0.4 is 10.6 Å². The van der Waals surface area contributed by atoms with Gasteiger partial charge in [-0.15, -0.1) is 0 Å². The van der Waals surface area contributed by atoms with E-state index in [0.29, 0.717) is 5.92 Å². The number of hydrogen-bond acceptors (Lipinski definition) is 5. The van der Waals surface area contributed by atoms with Gasteiger partial charge < -0.3 is 10.6 Å². The Hall–Kier alpha value is -2.01. The van der Waals surface area contributed by atoms with Crippen LogP contribution in [0.1, 0.15) is 31.9 Å². The van der Waals surface area contributed by atoms with Gasteiger partial charge in [-0.05, 0) is 24.5 Å². The maximum absolute atomic E-state index is 6.02. The van der Waals surface area contributed by atoms with Crippen LogP contribution in [0.4, 0.5) is 5.82 Å². The molecule has 2 aromatic heterocycles. The Balaban J connectivity index is 2.02. The first kappa shape index (κ1) is 13.9. The number of nitrogens with zero attached hydrogens (tertiary/aromatic N) is 4. The molecule has 1 saturated heterocycles. The molecule has 1 fully saturated rings. The molecule has 3 heterocycles. The van der Waals surface area contributed by atoms with Crippen LogP contribution in [0.5, 0.6) is 0 Å². The van der Waals surface area contributed by atoms with E-state index in [-0.39, 0.29) is 6.04 Å². The predicted octanol–water partition coefficient (Wildman–Crippen LogP) is 2.20. The van der Waals surface area contributed by atoms with Crippen LogP contribution in [-0.2, 0) is 0 Å². The average Bonchev–Trinajstić information content (AvgIpc) is 2.94. The molecular formula is C16H21N5. The largest absolute Gasteiger partial charge is 0.355 e. The Morgan fingerprint density at radius 1 is 1.24 bits per heavy atom. The second-order valence-electron chi connectivity index (χ2n) is 5.86. The smallest absolute Gasteiger partial charge is 0.161 e. The SMILES string of the molecule is CC(C)c1cc(N2CCC(N)C2)nc(-c2ccncc2)n1. The standard InChI is InChI=1S/C16H21N5/c1-11(2)14-9-15(21-8-5-13(17)10-21)20-16(19-14)12-3-6-18-7-4-12/h3-4,6-7,9,11,13H,5,8,10,17H2,1-2H3. The molecule has 0 bridgehead atoms.